The standard InChI is InChI=1S/C12H15NO4S/c1-7(11(13)14)17-12(15)9-5-4-8(18-3)6-10(9)16-2/h4-7H,1-3H3,(H2,13,14)/t7-/m0/s1. The number of hydrogen-bond donors (Lipinski definition) is 1. The van der Waals surface area contributed by atoms with Gasteiger partial charge in [0, 0.05) is 4.90 Å². The summed E-state index contributed by atoms with van der Waals surface area (Å²) in [5.41, 5.74) is 5.29. The molecule has 0 spiro atoms. The maximum absolute atomic E-state index is 11.8. The van der Waals surface area contributed by atoms with Gasteiger partial charge < -0.3 is 15.2 Å². The molecule has 1 aromatic carbocycles. The third-order valence-electron chi connectivity index (χ3n) is 2.31. The number of rotatable bonds is 5. The fraction of sp³-hybridized carbons (Fsp3) is 0.333. The van der Waals surface area contributed by atoms with Crippen molar-refractivity contribution in [2.45, 2.75) is 17.9 Å². The summed E-state index contributed by atoms with van der Waals surface area (Å²) in [6.45, 7) is 1.42. The first-order valence-corrected chi connectivity index (χ1v) is 6.44. The summed E-state index contributed by atoms with van der Waals surface area (Å²) in [5, 5.41) is 0. The Balaban J connectivity index is 2.95. The first kappa shape index (κ1) is 14.4. The summed E-state index contributed by atoms with van der Waals surface area (Å²) in [6.07, 6.45) is 0.949. The van der Waals surface area contributed by atoms with Gasteiger partial charge in [0.1, 0.15) is 11.3 Å². The van der Waals surface area contributed by atoms with Crippen molar-refractivity contribution in [1.82, 2.24) is 0 Å². The molecule has 2 N–H and O–H groups in total. The molecule has 0 aromatic heterocycles. The van der Waals surface area contributed by atoms with E-state index in [0.29, 0.717) is 5.75 Å². The van der Waals surface area contributed by atoms with Crippen LogP contribution in [-0.2, 0) is 9.53 Å². The van der Waals surface area contributed by atoms with Crippen molar-refractivity contribution >= 4 is 23.6 Å². The Kier molecular flexibility index (Phi) is 5.03. The number of esters is 1. The minimum atomic E-state index is -0.970. The smallest absolute Gasteiger partial charge is 0.342 e. The number of benzene rings is 1. The van der Waals surface area contributed by atoms with Gasteiger partial charge in [-0.3, -0.25) is 4.79 Å². The van der Waals surface area contributed by atoms with E-state index in [4.69, 9.17) is 15.2 Å². The largest absolute Gasteiger partial charge is 0.496 e. The number of methoxy groups -OCH3 is 1. The van der Waals surface area contributed by atoms with Crippen LogP contribution in [0.15, 0.2) is 23.1 Å². The Morgan fingerprint density at radius 3 is 2.56 bits per heavy atom. The molecule has 0 aliphatic heterocycles. The maximum Gasteiger partial charge on any atom is 0.342 e. The highest BCUT2D eigenvalue weighted by molar-refractivity contribution is 7.98. The van der Waals surface area contributed by atoms with E-state index in [-0.39, 0.29) is 5.56 Å². The summed E-state index contributed by atoms with van der Waals surface area (Å²) in [5.74, 6) is -0.919. The van der Waals surface area contributed by atoms with E-state index >= 15 is 0 Å². The van der Waals surface area contributed by atoms with Crippen LogP contribution in [0.5, 0.6) is 5.75 Å². The van der Waals surface area contributed by atoms with Crippen LogP contribution in [0.25, 0.3) is 0 Å². The lowest BCUT2D eigenvalue weighted by molar-refractivity contribution is -0.125. The Bertz CT molecular complexity index is 461. The summed E-state index contributed by atoms with van der Waals surface area (Å²) in [7, 11) is 1.47. The minimum Gasteiger partial charge on any atom is -0.496 e. The molecule has 1 amide bonds. The lowest BCUT2D eigenvalue weighted by Gasteiger charge is -2.12. The highest BCUT2D eigenvalue weighted by Crippen LogP contribution is 2.26. The van der Waals surface area contributed by atoms with Crippen molar-refractivity contribution in [2.75, 3.05) is 13.4 Å². The van der Waals surface area contributed by atoms with Crippen LogP contribution in [0.2, 0.25) is 0 Å². The molecule has 1 aromatic rings. The van der Waals surface area contributed by atoms with Crippen LogP contribution in [-0.4, -0.2) is 31.3 Å². The number of hydrogen-bond acceptors (Lipinski definition) is 5. The molecule has 0 heterocycles. The monoisotopic (exact) mass is 269 g/mol. The van der Waals surface area contributed by atoms with E-state index in [2.05, 4.69) is 0 Å². The third-order valence-corrected chi connectivity index (χ3v) is 3.04. The van der Waals surface area contributed by atoms with Crippen LogP contribution in [0, 0.1) is 0 Å². The van der Waals surface area contributed by atoms with Gasteiger partial charge in [0.25, 0.3) is 5.91 Å². The Morgan fingerprint density at radius 2 is 2.06 bits per heavy atom. The number of carbonyl (C=O) groups is 2. The van der Waals surface area contributed by atoms with Gasteiger partial charge >= 0.3 is 5.97 Å². The number of ether oxygens (including phenoxy) is 2. The number of primary amides is 1. The zero-order valence-electron chi connectivity index (χ0n) is 10.4. The molecule has 0 saturated heterocycles. The minimum absolute atomic E-state index is 0.267. The molecule has 0 bridgehead atoms. The third kappa shape index (κ3) is 3.40. The molecular weight excluding hydrogens is 254 g/mol. The first-order chi connectivity index (χ1) is 8.49. The quantitative estimate of drug-likeness (QED) is 0.646. The topological polar surface area (TPSA) is 78.6 Å². The summed E-state index contributed by atoms with van der Waals surface area (Å²) in [6, 6.07) is 5.11. The molecule has 6 heteroatoms. The number of thioether (sulfide) groups is 1. The van der Waals surface area contributed by atoms with E-state index < -0.39 is 18.0 Å². The van der Waals surface area contributed by atoms with E-state index in [1.807, 2.05) is 6.26 Å². The molecule has 0 aliphatic rings. The molecule has 18 heavy (non-hydrogen) atoms. The average molecular weight is 269 g/mol. The number of carbonyl (C=O) groups excluding carboxylic acids is 2. The van der Waals surface area contributed by atoms with E-state index in [0.717, 1.165) is 4.90 Å². The van der Waals surface area contributed by atoms with Crippen LogP contribution in [0.4, 0.5) is 0 Å². The predicted molar refractivity (Wildman–Crippen MR) is 68.8 cm³/mol. The number of amides is 1. The van der Waals surface area contributed by atoms with Crippen molar-refractivity contribution in [2.24, 2.45) is 5.73 Å². The number of nitrogens with two attached hydrogens (primary N) is 1. The molecule has 5 nitrogen and oxygen atoms in total. The van der Waals surface area contributed by atoms with Crippen LogP contribution in [0.3, 0.4) is 0 Å². The first-order valence-electron chi connectivity index (χ1n) is 5.22. The van der Waals surface area contributed by atoms with Crippen molar-refractivity contribution in [3.8, 4) is 5.75 Å². The van der Waals surface area contributed by atoms with Crippen LogP contribution in [0.1, 0.15) is 17.3 Å². The van der Waals surface area contributed by atoms with Crippen molar-refractivity contribution in [1.29, 1.82) is 0 Å². The fourth-order valence-electron chi connectivity index (χ4n) is 1.25. The normalized spacial score (nSPS) is 11.7. The van der Waals surface area contributed by atoms with Crippen LogP contribution < -0.4 is 10.5 Å². The van der Waals surface area contributed by atoms with Gasteiger partial charge in [0.05, 0.1) is 7.11 Å². The molecule has 0 aliphatic carbocycles. The molecule has 98 valence electrons. The van der Waals surface area contributed by atoms with Crippen molar-refractivity contribution in [3.63, 3.8) is 0 Å². The van der Waals surface area contributed by atoms with Gasteiger partial charge in [-0.2, -0.15) is 0 Å². The van der Waals surface area contributed by atoms with Gasteiger partial charge in [-0.05, 0) is 31.4 Å². The Morgan fingerprint density at radius 1 is 1.39 bits per heavy atom. The second-order valence-corrected chi connectivity index (χ2v) is 4.40. The Labute approximate surface area is 110 Å². The molecule has 0 unspecified atom stereocenters. The zero-order valence-corrected chi connectivity index (χ0v) is 11.2. The second-order valence-electron chi connectivity index (χ2n) is 3.52. The Hall–Kier alpha value is -1.69. The molecule has 0 fully saturated rings. The summed E-state index contributed by atoms with van der Waals surface area (Å²) >= 11 is 1.53. The van der Waals surface area contributed by atoms with E-state index in [1.165, 1.54) is 25.8 Å². The molecule has 0 radical (unpaired) electrons. The average Bonchev–Trinajstić information content (AvgIpc) is 2.37. The maximum atomic E-state index is 11.8. The molecule has 0 saturated carbocycles. The van der Waals surface area contributed by atoms with Gasteiger partial charge in [0.15, 0.2) is 6.10 Å². The van der Waals surface area contributed by atoms with E-state index in [1.54, 1.807) is 18.2 Å². The van der Waals surface area contributed by atoms with Crippen molar-refractivity contribution < 1.29 is 19.1 Å². The van der Waals surface area contributed by atoms with Crippen LogP contribution >= 0.6 is 11.8 Å². The highest BCUT2D eigenvalue weighted by Gasteiger charge is 2.19. The molecular formula is C12H15NO4S. The second kappa shape index (κ2) is 6.30. The SMILES string of the molecule is COc1cc(SC)ccc1C(=O)O[C@@H](C)C(N)=O. The highest BCUT2D eigenvalue weighted by atomic mass is 32.2. The van der Waals surface area contributed by atoms with Gasteiger partial charge in [0.2, 0.25) is 0 Å². The van der Waals surface area contributed by atoms with Crippen molar-refractivity contribution in [3.05, 3.63) is 23.8 Å². The molecule has 1 rings (SSSR count). The van der Waals surface area contributed by atoms with Gasteiger partial charge in [-0.1, -0.05) is 0 Å². The molecule has 1 atom stereocenters. The summed E-state index contributed by atoms with van der Waals surface area (Å²) in [4.78, 5) is 23.6. The predicted octanol–water partition coefficient (Wildman–Crippen LogP) is 1.45. The van der Waals surface area contributed by atoms with Gasteiger partial charge in [-0.25, -0.2) is 4.79 Å². The van der Waals surface area contributed by atoms with Gasteiger partial charge in [-0.15, -0.1) is 11.8 Å². The lowest BCUT2D eigenvalue weighted by Crippen LogP contribution is -2.30. The summed E-state index contributed by atoms with van der Waals surface area (Å²) < 4.78 is 10.0. The van der Waals surface area contributed by atoms with E-state index in [9.17, 15) is 9.59 Å². The lowest BCUT2D eigenvalue weighted by atomic mass is 10.2. The fourth-order valence-corrected chi connectivity index (χ4v) is 1.68. The zero-order chi connectivity index (χ0) is 13.7.